The second kappa shape index (κ2) is 18.9. The van der Waals surface area contributed by atoms with Crippen LogP contribution in [0, 0.1) is 0 Å². The van der Waals surface area contributed by atoms with Crippen molar-refractivity contribution in [3.8, 4) is 0 Å². The van der Waals surface area contributed by atoms with E-state index in [0.717, 1.165) is 0 Å². The van der Waals surface area contributed by atoms with Gasteiger partial charge in [-0.1, -0.05) is 0 Å². The van der Waals surface area contributed by atoms with Gasteiger partial charge in [0.25, 0.3) is 0 Å². The minimum Gasteiger partial charge on any atom is -1.00 e. The van der Waals surface area contributed by atoms with Crippen molar-refractivity contribution >= 4 is 0 Å². The van der Waals surface area contributed by atoms with Gasteiger partial charge in [-0.05, 0) is 0 Å². The van der Waals surface area contributed by atoms with Crippen LogP contribution in [-0.4, -0.2) is 0 Å². The Balaban J connectivity index is 0. The molecule has 0 heterocycles. The van der Waals surface area contributed by atoms with Gasteiger partial charge in [0, 0.05) is 0 Å². The summed E-state index contributed by atoms with van der Waals surface area (Å²) in [5.74, 6) is 0. The Morgan fingerprint density at radius 2 is 1.00 bits per heavy atom. The summed E-state index contributed by atoms with van der Waals surface area (Å²) in [6.07, 6.45) is 0. The molecule has 0 nitrogen and oxygen atoms in total. The fourth-order valence-corrected chi connectivity index (χ4v) is 0. The van der Waals surface area contributed by atoms with Crippen LogP contribution < -0.4 is 54.4 Å². The maximum absolute atomic E-state index is 0. The van der Waals surface area contributed by atoms with E-state index in [4.69, 9.17) is 0 Å². The van der Waals surface area contributed by atoms with E-state index < -0.39 is 0 Å². The third-order valence-corrected chi connectivity index (χ3v) is 0. The van der Waals surface area contributed by atoms with E-state index in [9.17, 15) is 0 Å². The molecule has 0 saturated carbocycles. The molecule has 0 aromatic heterocycles. The Kier molecular flexibility index (Phi) is 164. The summed E-state index contributed by atoms with van der Waals surface area (Å²) in [5.41, 5.74) is 0. The predicted molar refractivity (Wildman–Crippen MR) is 1.11 cm³/mol. The normalized spacial score (nSPS) is 0. The first-order valence-corrected chi connectivity index (χ1v) is 0. The van der Waals surface area contributed by atoms with Crippen molar-refractivity contribution in [1.82, 2.24) is 0 Å². The third-order valence-electron chi connectivity index (χ3n) is 0. The molecule has 0 bridgehead atoms. The van der Waals surface area contributed by atoms with Crippen molar-refractivity contribution in [3.05, 3.63) is 0 Å². The fourth-order valence-electron chi connectivity index (χ4n) is 0. The van der Waals surface area contributed by atoms with Crippen LogP contribution in [0.1, 0.15) is 1.43 Å². The van der Waals surface area contributed by atoms with Crippen molar-refractivity contribution < 1.29 is 75.3 Å². The van der Waals surface area contributed by atoms with Crippen molar-refractivity contribution in [2.24, 2.45) is 0 Å². The molecule has 4 heavy (non-hydrogen) atoms. The minimum absolute atomic E-state index is 0. The van der Waals surface area contributed by atoms with Gasteiger partial charge in [0.15, 0.2) is 0 Å². The van der Waals surface area contributed by atoms with Crippen LogP contribution in [0.3, 0.4) is 0 Å². The van der Waals surface area contributed by atoms with Crippen molar-refractivity contribution in [1.29, 1.82) is 0 Å². The fraction of sp³-hybridized carbons (Fsp3) is 0. The summed E-state index contributed by atoms with van der Waals surface area (Å²) in [4.78, 5) is 0. The Labute approximate surface area is 74.5 Å². The summed E-state index contributed by atoms with van der Waals surface area (Å²) < 4.78 is 0. The van der Waals surface area contributed by atoms with Crippen molar-refractivity contribution in [2.45, 2.75) is 0 Å². The Morgan fingerprint density at radius 3 is 1.00 bits per heavy atom. The standard InChI is InChI=1S/2ClH.Na.Zn.H/h2*1H;;;/q;;+1;+2;-1/p-2. The number of hydrogen-bond acceptors (Lipinski definition) is 0. The van der Waals surface area contributed by atoms with Crippen LogP contribution in [0.5, 0.6) is 0 Å². The van der Waals surface area contributed by atoms with E-state index in [1.807, 2.05) is 0 Å². The van der Waals surface area contributed by atoms with Gasteiger partial charge in [-0.3, -0.25) is 0 Å². The van der Waals surface area contributed by atoms with E-state index in [1.165, 1.54) is 0 Å². The van der Waals surface area contributed by atoms with Crippen LogP contribution >= 0.6 is 0 Å². The SMILES string of the molecule is [Cl-].[Cl-].[H-].[Na+].[Zn+2]. The summed E-state index contributed by atoms with van der Waals surface area (Å²) >= 11 is 0. The molecule has 0 aliphatic carbocycles. The first-order chi connectivity index (χ1) is 0. The molecule has 0 aromatic rings. The molecule has 0 spiro atoms. The molecule has 0 unspecified atom stereocenters. The molecule has 0 aliphatic rings. The summed E-state index contributed by atoms with van der Waals surface area (Å²) in [5, 5.41) is 0. The van der Waals surface area contributed by atoms with Crippen LogP contribution in [0.4, 0.5) is 0 Å². The maximum Gasteiger partial charge on any atom is 2.00 e. The quantitative estimate of drug-likeness (QED) is 0.309. The van der Waals surface area contributed by atoms with Gasteiger partial charge in [0.2, 0.25) is 0 Å². The first kappa shape index (κ1) is 34.6. The third kappa shape index (κ3) is 8.88. The Morgan fingerprint density at radius 1 is 1.00 bits per heavy atom. The zero-order chi connectivity index (χ0) is 0. The average Bonchev–Trinajstić information content (AvgIpc) is 0. The van der Waals surface area contributed by atoms with E-state index in [-0.39, 0.29) is 75.3 Å². The summed E-state index contributed by atoms with van der Waals surface area (Å²) in [7, 11) is 0. The van der Waals surface area contributed by atoms with Crippen molar-refractivity contribution in [2.75, 3.05) is 0 Å². The molecular formula is HCl2NaZn. The van der Waals surface area contributed by atoms with Crippen LogP contribution in [-0.2, 0) is 19.5 Å². The molecule has 4 heteroatoms. The molecule has 0 saturated heterocycles. The molecular weight excluding hydrogens is 159 g/mol. The minimum atomic E-state index is 0. The molecule has 0 radical (unpaired) electrons. The molecule has 0 rings (SSSR count). The smallest absolute Gasteiger partial charge is 1.00 e. The number of rotatable bonds is 0. The van der Waals surface area contributed by atoms with Crippen molar-refractivity contribution in [3.63, 3.8) is 0 Å². The van der Waals surface area contributed by atoms with Crippen LogP contribution in [0.2, 0.25) is 0 Å². The second-order valence-electron chi connectivity index (χ2n) is 0. The van der Waals surface area contributed by atoms with E-state index in [0.29, 0.717) is 0 Å². The molecule has 0 aliphatic heterocycles. The van der Waals surface area contributed by atoms with E-state index >= 15 is 0 Å². The molecule has 18 valence electrons. The van der Waals surface area contributed by atoms with Crippen LogP contribution in [0.15, 0.2) is 0 Å². The van der Waals surface area contributed by atoms with Gasteiger partial charge in [-0.25, -0.2) is 0 Å². The molecule has 0 aromatic carbocycles. The molecule has 0 amide bonds. The van der Waals surface area contributed by atoms with Gasteiger partial charge in [0.05, 0.1) is 0 Å². The largest absolute Gasteiger partial charge is 2.00 e. The van der Waals surface area contributed by atoms with Gasteiger partial charge >= 0.3 is 49.0 Å². The predicted octanol–water partition coefficient (Wildman–Crippen LogP) is -8.88. The molecule has 0 atom stereocenters. The zero-order valence-corrected chi connectivity index (χ0v) is 8.94. The van der Waals surface area contributed by atoms with Crippen LogP contribution in [0.25, 0.3) is 0 Å². The Hall–Kier alpha value is 2.20. The average molecular weight is 160 g/mol. The first-order valence-electron chi connectivity index (χ1n) is 0. The summed E-state index contributed by atoms with van der Waals surface area (Å²) in [6.45, 7) is 0. The Bertz CT molecular complexity index is 9.61. The summed E-state index contributed by atoms with van der Waals surface area (Å²) in [6, 6.07) is 0. The number of halogens is 2. The molecule has 0 N–H and O–H groups in total. The van der Waals surface area contributed by atoms with Gasteiger partial charge in [-0.2, -0.15) is 0 Å². The molecule has 0 fully saturated rings. The zero-order valence-electron chi connectivity index (χ0n) is 3.46. The van der Waals surface area contributed by atoms with Gasteiger partial charge in [0.1, 0.15) is 0 Å². The maximum atomic E-state index is 0. The van der Waals surface area contributed by atoms with Gasteiger partial charge < -0.3 is 26.2 Å². The number of hydrogen-bond donors (Lipinski definition) is 0. The van der Waals surface area contributed by atoms with E-state index in [1.54, 1.807) is 0 Å². The van der Waals surface area contributed by atoms with E-state index in [2.05, 4.69) is 0 Å². The topological polar surface area (TPSA) is 0 Å². The van der Waals surface area contributed by atoms with Gasteiger partial charge in [-0.15, -0.1) is 0 Å². The second-order valence-corrected chi connectivity index (χ2v) is 0. The monoisotopic (exact) mass is 158 g/mol.